The number of benzene rings is 3. The number of carbonyl (C=O) groups excluding carboxylic acids is 2. The normalized spacial score (nSPS) is 14.2. The van der Waals surface area contributed by atoms with E-state index in [-0.39, 0.29) is 18.4 Å². The summed E-state index contributed by atoms with van der Waals surface area (Å²) >= 11 is 0. The molecule has 0 saturated heterocycles. The average molecular weight is 489 g/mol. The minimum Gasteiger partial charge on any atom is -0.490 e. The lowest BCUT2D eigenvalue weighted by atomic mass is 10.1. The summed E-state index contributed by atoms with van der Waals surface area (Å²) in [6, 6.07) is 19.8. The molecule has 188 valence electrons. The maximum atomic E-state index is 13.4. The highest BCUT2D eigenvalue weighted by Gasteiger charge is 2.38. The van der Waals surface area contributed by atoms with Crippen molar-refractivity contribution >= 4 is 17.5 Å². The highest BCUT2D eigenvalue weighted by Crippen LogP contribution is 2.39. The molecule has 2 amide bonds. The summed E-state index contributed by atoms with van der Waals surface area (Å²) in [7, 11) is 0. The van der Waals surface area contributed by atoms with Crippen LogP contribution in [-0.2, 0) is 17.8 Å². The Kier molecular flexibility index (Phi) is 8.10. The number of ether oxygens (including phenoxy) is 3. The van der Waals surface area contributed by atoms with Gasteiger partial charge in [0.25, 0.3) is 5.91 Å². The van der Waals surface area contributed by atoms with Crippen molar-refractivity contribution in [2.45, 2.75) is 39.8 Å². The maximum Gasteiger partial charge on any atom is 0.259 e. The van der Waals surface area contributed by atoms with Crippen LogP contribution in [0.4, 0.5) is 5.69 Å². The third kappa shape index (κ3) is 5.30. The Morgan fingerprint density at radius 2 is 1.47 bits per heavy atom. The van der Waals surface area contributed by atoms with Crippen LogP contribution in [0.3, 0.4) is 0 Å². The van der Waals surface area contributed by atoms with Crippen LogP contribution in [0.5, 0.6) is 17.2 Å². The topological polar surface area (TPSA) is 77.1 Å². The van der Waals surface area contributed by atoms with E-state index in [0.29, 0.717) is 49.1 Å². The number of nitrogens with zero attached hydrogens (tertiary/aromatic N) is 1. The van der Waals surface area contributed by atoms with Gasteiger partial charge in [-0.2, -0.15) is 0 Å². The zero-order valence-electron chi connectivity index (χ0n) is 21.0. The van der Waals surface area contributed by atoms with Gasteiger partial charge in [0.15, 0.2) is 11.5 Å². The molecular weight excluding hydrogens is 456 g/mol. The van der Waals surface area contributed by atoms with Crippen molar-refractivity contribution in [3.05, 3.63) is 83.4 Å². The molecule has 1 aliphatic heterocycles. The lowest BCUT2D eigenvalue weighted by Gasteiger charge is -2.25. The summed E-state index contributed by atoms with van der Waals surface area (Å²) in [5.74, 6) is 1.29. The van der Waals surface area contributed by atoms with E-state index < -0.39 is 6.04 Å². The fourth-order valence-corrected chi connectivity index (χ4v) is 4.42. The molecule has 36 heavy (non-hydrogen) atoms. The largest absolute Gasteiger partial charge is 0.490 e. The molecule has 1 N–H and O–H groups in total. The highest BCUT2D eigenvalue weighted by atomic mass is 16.5. The van der Waals surface area contributed by atoms with Crippen LogP contribution in [0, 0.1) is 0 Å². The van der Waals surface area contributed by atoms with Gasteiger partial charge in [0, 0.05) is 24.2 Å². The Morgan fingerprint density at radius 1 is 0.861 bits per heavy atom. The average Bonchev–Trinajstić information content (AvgIpc) is 3.29. The van der Waals surface area contributed by atoms with E-state index in [1.165, 1.54) is 0 Å². The van der Waals surface area contributed by atoms with Crippen LogP contribution in [0.15, 0.2) is 66.7 Å². The SMILES string of the molecule is CCOc1cc(CNC(=O)[C@H]2Cc3ccccc3N2C(=O)c2ccccc2)cc(OCC)c1OCC. The lowest BCUT2D eigenvalue weighted by Crippen LogP contribution is -2.48. The fraction of sp³-hybridized carbons (Fsp3) is 0.310. The predicted octanol–water partition coefficient (Wildman–Crippen LogP) is 4.77. The number of para-hydroxylation sites is 1. The van der Waals surface area contributed by atoms with Crippen molar-refractivity contribution in [3.8, 4) is 17.2 Å². The van der Waals surface area contributed by atoms with E-state index >= 15 is 0 Å². The minimum absolute atomic E-state index is 0.195. The second-order valence-electron chi connectivity index (χ2n) is 8.33. The molecule has 0 unspecified atom stereocenters. The molecule has 0 saturated carbocycles. The van der Waals surface area contributed by atoms with Gasteiger partial charge < -0.3 is 19.5 Å². The van der Waals surface area contributed by atoms with E-state index in [0.717, 1.165) is 16.8 Å². The Morgan fingerprint density at radius 3 is 2.11 bits per heavy atom. The van der Waals surface area contributed by atoms with Gasteiger partial charge in [0.1, 0.15) is 6.04 Å². The van der Waals surface area contributed by atoms with Gasteiger partial charge in [0.05, 0.1) is 19.8 Å². The number of nitrogens with one attached hydrogen (secondary N) is 1. The smallest absolute Gasteiger partial charge is 0.259 e. The van der Waals surface area contributed by atoms with Crippen LogP contribution in [0.2, 0.25) is 0 Å². The van der Waals surface area contributed by atoms with Gasteiger partial charge >= 0.3 is 0 Å². The summed E-state index contributed by atoms with van der Waals surface area (Å²) in [5.41, 5.74) is 3.10. The quantitative estimate of drug-likeness (QED) is 0.445. The first kappa shape index (κ1) is 25.1. The number of hydrogen-bond acceptors (Lipinski definition) is 5. The summed E-state index contributed by atoms with van der Waals surface area (Å²) in [6.07, 6.45) is 0.457. The molecule has 7 nitrogen and oxygen atoms in total. The van der Waals surface area contributed by atoms with Gasteiger partial charge in [-0.25, -0.2) is 0 Å². The minimum atomic E-state index is -0.643. The number of hydrogen-bond donors (Lipinski definition) is 1. The molecule has 0 spiro atoms. The monoisotopic (exact) mass is 488 g/mol. The Balaban J connectivity index is 1.57. The molecule has 0 aliphatic carbocycles. The second kappa shape index (κ2) is 11.6. The zero-order chi connectivity index (χ0) is 25.5. The molecule has 3 aromatic rings. The molecule has 3 aromatic carbocycles. The van der Waals surface area contributed by atoms with Crippen molar-refractivity contribution in [1.29, 1.82) is 0 Å². The number of carbonyl (C=O) groups is 2. The van der Waals surface area contributed by atoms with Gasteiger partial charge in [0.2, 0.25) is 11.7 Å². The van der Waals surface area contributed by atoms with E-state index in [1.54, 1.807) is 17.0 Å². The summed E-state index contributed by atoms with van der Waals surface area (Å²) in [4.78, 5) is 28.5. The number of anilines is 1. The molecular formula is C29H32N2O5. The molecule has 0 fully saturated rings. The molecule has 1 aliphatic rings. The molecule has 0 radical (unpaired) electrons. The number of fused-ring (bicyclic) bond motifs is 1. The Bertz CT molecular complexity index is 1180. The van der Waals surface area contributed by atoms with Crippen LogP contribution < -0.4 is 24.4 Å². The van der Waals surface area contributed by atoms with Crippen LogP contribution in [-0.4, -0.2) is 37.7 Å². The molecule has 7 heteroatoms. The van der Waals surface area contributed by atoms with Gasteiger partial charge in [-0.1, -0.05) is 36.4 Å². The van der Waals surface area contributed by atoms with Crippen molar-refractivity contribution in [1.82, 2.24) is 5.32 Å². The number of rotatable bonds is 10. The summed E-state index contributed by atoms with van der Waals surface area (Å²) in [5, 5.41) is 3.02. The van der Waals surface area contributed by atoms with Crippen molar-refractivity contribution in [2.75, 3.05) is 24.7 Å². The zero-order valence-corrected chi connectivity index (χ0v) is 21.0. The van der Waals surface area contributed by atoms with Crippen molar-refractivity contribution in [2.24, 2.45) is 0 Å². The van der Waals surface area contributed by atoms with Crippen LogP contribution in [0.1, 0.15) is 42.3 Å². The van der Waals surface area contributed by atoms with Crippen LogP contribution in [0.25, 0.3) is 0 Å². The first-order valence-corrected chi connectivity index (χ1v) is 12.4. The fourth-order valence-electron chi connectivity index (χ4n) is 4.42. The van der Waals surface area contributed by atoms with Crippen molar-refractivity contribution in [3.63, 3.8) is 0 Å². The number of amides is 2. The van der Waals surface area contributed by atoms with E-state index in [9.17, 15) is 9.59 Å². The Hall–Kier alpha value is -4.00. The van der Waals surface area contributed by atoms with Gasteiger partial charge in [-0.05, 0) is 62.2 Å². The molecule has 1 heterocycles. The van der Waals surface area contributed by atoms with Crippen molar-refractivity contribution < 1.29 is 23.8 Å². The molecule has 0 bridgehead atoms. The maximum absolute atomic E-state index is 13.4. The first-order chi connectivity index (χ1) is 17.6. The molecule has 1 atom stereocenters. The molecule has 4 rings (SSSR count). The highest BCUT2D eigenvalue weighted by molar-refractivity contribution is 6.11. The third-order valence-corrected chi connectivity index (χ3v) is 5.95. The summed E-state index contributed by atoms with van der Waals surface area (Å²) in [6.45, 7) is 7.38. The summed E-state index contributed by atoms with van der Waals surface area (Å²) < 4.78 is 17.4. The van der Waals surface area contributed by atoms with E-state index in [1.807, 2.05) is 75.4 Å². The van der Waals surface area contributed by atoms with E-state index in [2.05, 4.69) is 5.32 Å². The Labute approximate surface area is 212 Å². The van der Waals surface area contributed by atoms with Crippen LogP contribution >= 0.6 is 0 Å². The van der Waals surface area contributed by atoms with Gasteiger partial charge in [-0.3, -0.25) is 14.5 Å². The van der Waals surface area contributed by atoms with E-state index in [4.69, 9.17) is 14.2 Å². The van der Waals surface area contributed by atoms with Gasteiger partial charge in [-0.15, -0.1) is 0 Å². The molecule has 0 aromatic heterocycles. The second-order valence-corrected chi connectivity index (χ2v) is 8.33. The first-order valence-electron chi connectivity index (χ1n) is 12.4. The predicted molar refractivity (Wildman–Crippen MR) is 139 cm³/mol. The lowest BCUT2D eigenvalue weighted by molar-refractivity contribution is -0.122. The third-order valence-electron chi connectivity index (χ3n) is 5.95. The standard InChI is InChI=1S/C29H32N2O5/c1-4-34-25-16-20(17-26(35-5-2)27(25)36-6-3)19-30-28(32)24-18-22-14-10-11-15-23(22)31(24)29(33)21-12-8-7-9-13-21/h7-17,24H,4-6,18-19H2,1-3H3,(H,30,32)/t24-/m1/s1.